The van der Waals surface area contributed by atoms with Crippen LogP contribution in [0.3, 0.4) is 0 Å². The third-order valence-electron chi connectivity index (χ3n) is 5.42. The second-order valence-electron chi connectivity index (χ2n) is 7.71. The van der Waals surface area contributed by atoms with Gasteiger partial charge >= 0.3 is 6.18 Å². The van der Waals surface area contributed by atoms with Crippen LogP contribution in [-0.4, -0.2) is 27.6 Å². The maximum atomic E-state index is 13.1. The van der Waals surface area contributed by atoms with E-state index >= 15 is 0 Å². The minimum Gasteiger partial charge on any atom is -0.363 e. The van der Waals surface area contributed by atoms with Crippen LogP contribution in [0.25, 0.3) is 10.6 Å². The zero-order chi connectivity index (χ0) is 24.3. The van der Waals surface area contributed by atoms with Gasteiger partial charge < -0.3 is 10.6 Å². The number of hydrogen-bond acceptors (Lipinski definition) is 5. The van der Waals surface area contributed by atoms with Gasteiger partial charge in [-0.25, -0.2) is 4.98 Å². The topological polar surface area (TPSA) is 76.3 Å². The molecule has 9 heteroatoms. The van der Waals surface area contributed by atoms with Gasteiger partial charge in [0, 0.05) is 23.6 Å². The van der Waals surface area contributed by atoms with Crippen molar-refractivity contribution in [3.8, 4) is 10.6 Å². The number of rotatable bonds is 7. The molecule has 0 bridgehead atoms. The Morgan fingerprint density at radius 2 is 1.85 bits per heavy atom. The lowest BCUT2D eigenvalue weighted by molar-refractivity contribution is -0.139. The number of carbonyl (C=O) groups is 2. The smallest absolute Gasteiger partial charge is 0.363 e. The largest absolute Gasteiger partial charge is 0.416 e. The van der Waals surface area contributed by atoms with E-state index in [2.05, 4.69) is 4.98 Å². The van der Waals surface area contributed by atoms with Gasteiger partial charge in [0.2, 0.25) is 5.78 Å². The molecular weight excluding hydrogens is 463 g/mol. The molecule has 1 aromatic heterocycles. The molecule has 2 unspecified atom stereocenters. The number of primary amides is 1. The Labute approximate surface area is 198 Å². The minimum atomic E-state index is -4.45. The molecule has 3 aromatic rings. The number of ketones is 1. The van der Waals surface area contributed by atoms with Crippen molar-refractivity contribution in [3.05, 3.63) is 101 Å². The van der Waals surface area contributed by atoms with E-state index in [1.807, 2.05) is 36.4 Å². The van der Waals surface area contributed by atoms with E-state index in [0.29, 0.717) is 16.3 Å². The van der Waals surface area contributed by atoms with Gasteiger partial charge in [-0.3, -0.25) is 9.59 Å². The highest BCUT2D eigenvalue weighted by Crippen LogP contribution is 2.36. The molecule has 0 spiro atoms. The summed E-state index contributed by atoms with van der Waals surface area (Å²) in [4.78, 5) is 30.9. The number of benzene rings is 2. The van der Waals surface area contributed by atoms with Crippen molar-refractivity contribution >= 4 is 23.0 Å². The fraction of sp³-hybridized carbons (Fsp3) is 0.160. The number of nitrogens with zero attached hydrogens (tertiary/aromatic N) is 2. The van der Waals surface area contributed by atoms with Gasteiger partial charge in [0.1, 0.15) is 11.0 Å². The molecule has 1 amide bonds. The van der Waals surface area contributed by atoms with Crippen LogP contribution in [0.4, 0.5) is 13.2 Å². The summed E-state index contributed by atoms with van der Waals surface area (Å²) >= 11 is 1.21. The van der Waals surface area contributed by atoms with Crippen LogP contribution in [0, 0.1) is 0 Å². The molecule has 174 valence electrons. The normalized spacial score (nSPS) is 16.4. The highest BCUT2D eigenvalue weighted by atomic mass is 32.1. The SMILES string of the molecule is NC(=O)C(=O)C(Cc1ccccc1)N1C=CC=CC1c1csc(-c2cccc(C(F)(F)F)c2)n1. The highest BCUT2D eigenvalue weighted by molar-refractivity contribution is 7.13. The molecule has 34 heavy (non-hydrogen) atoms. The van der Waals surface area contributed by atoms with Crippen molar-refractivity contribution in [2.75, 3.05) is 0 Å². The molecule has 2 atom stereocenters. The van der Waals surface area contributed by atoms with Crippen LogP contribution in [0.15, 0.2) is 84.4 Å². The number of thiazole rings is 1. The number of amides is 1. The Morgan fingerprint density at radius 1 is 1.09 bits per heavy atom. The predicted octanol–water partition coefficient (Wildman–Crippen LogP) is 4.92. The summed E-state index contributed by atoms with van der Waals surface area (Å²) < 4.78 is 39.4. The lowest BCUT2D eigenvalue weighted by Gasteiger charge is -2.35. The molecule has 5 nitrogen and oxygen atoms in total. The van der Waals surface area contributed by atoms with Gasteiger partial charge in [-0.15, -0.1) is 11.3 Å². The van der Waals surface area contributed by atoms with Gasteiger partial charge in [0.15, 0.2) is 0 Å². The van der Waals surface area contributed by atoms with E-state index in [1.165, 1.54) is 17.4 Å². The van der Waals surface area contributed by atoms with Crippen LogP contribution >= 0.6 is 11.3 Å². The maximum absolute atomic E-state index is 13.1. The molecule has 2 heterocycles. The Balaban J connectivity index is 1.66. The van der Waals surface area contributed by atoms with Crippen LogP contribution in [0.1, 0.15) is 22.9 Å². The third-order valence-corrected chi connectivity index (χ3v) is 6.33. The average Bonchev–Trinajstić information content (AvgIpc) is 3.32. The molecular formula is C25H20F3N3O2S. The summed E-state index contributed by atoms with van der Waals surface area (Å²) in [5, 5.41) is 2.16. The first-order valence-corrected chi connectivity index (χ1v) is 11.2. The lowest BCUT2D eigenvalue weighted by Crippen LogP contribution is -2.46. The van der Waals surface area contributed by atoms with Gasteiger partial charge in [-0.2, -0.15) is 13.2 Å². The van der Waals surface area contributed by atoms with Crippen LogP contribution in [0.2, 0.25) is 0 Å². The standard InChI is InChI=1S/C25H20F3N3O2S/c26-25(27,28)18-10-6-9-17(14-18)24-30-19(15-34-24)20-11-4-5-12-31(20)21(22(32)23(29)33)13-16-7-2-1-3-8-16/h1-12,14-15,20-21H,13H2,(H2,29,33). The average molecular weight is 484 g/mol. The summed E-state index contributed by atoms with van der Waals surface area (Å²) in [6.45, 7) is 0. The van der Waals surface area contributed by atoms with Crippen LogP contribution in [-0.2, 0) is 22.2 Å². The molecule has 0 fully saturated rings. The Bertz CT molecular complexity index is 1250. The molecule has 0 aliphatic carbocycles. The number of nitrogens with two attached hydrogens (primary N) is 1. The molecule has 2 N–H and O–H groups in total. The monoisotopic (exact) mass is 483 g/mol. The van der Waals surface area contributed by atoms with Crippen molar-refractivity contribution in [1.29, 1.82) is 0 Å². The molecule has 1 aliphatic heterocycles. The summed E-state index contributed by atoms with van der Waals surface area (Å²) in [7, 11) is 0. The fourth-order valence-corrected chi connectivity index (χ4v) is 4.62. The summed E-state index contributed by atoms with van der Waals surface area (Å²) in [5.41, 5.74) is 6.35. The number of alkyl halides is 3. The van der Waals surface area contributed by atoms with E-state index in [4.69, 9.17) is 5.73 Å². The van der Waals surface area contributed by atoms with Gasteiger partial charge in [0.05, 0.1) is 17.3 Å². The molecule has 4 rings (SSSR count). The first-order valence-electron chi connectivity index (χ1n) is 10.4. The maximum Gasteiger partial charge on any atom is 0.416 e. The van der Waals surface area contributed by atoms with E-state index < -0.39 is 35.5 Å². The number of halogens is 3. The molecule has 2 aromatic carbocycles. The number of aromatic nitrogens is 1. The fourth-order valence-electron chi connectivity index (χ4n) is 3.78. The third kappa shape index (κ3) is 5.09. The summed E-state index contributed by atoms with van der Waals surface area (Å²) in [6.07, 6.45) is 2.84. The molecule has 0 saturated heterocycles. The van der Waals surface area contributed by atoms with Crippen molar-refractivity contribution < 1.29 is 22.8 Å². The minimum absolute atomic E-state index is 0.252. The first kappa shape index (κ1) is 23.4. The lowest BCUT2D eigenvalue weighted by atomic mass is 9.97. The number of hydrogen-bond donors (Lipinski definition) is 1. The summed E-state index contributed by atoms with van der Waals surface area (Å²) in [6, 6.07) is 12.9. The van der Waals surface area contributed by atoms with Crippen molar-refractivity contribution in [2.24, 2.45) is 5.73 Å². The highest BCUT2D eigenvalue weighted by Gasteiger charge is 2.34. The van der Waals surface area contributed by atoms with Crippen LogP contribution in [0.5, 0.6) is 0 Å². The molecule has 0 radical (unpaired) electrons. The Kier molecular flexibility index (Phi) is 6.65. The molecule has 0 saturated carbocycles. The first-order chi connectivity index (χ1) is 16.2. The number of carbonyl (C=O) groups excluding carboxylic acids is 2. The van der Waals surface area contributed by atoms with Gasteiger partial charge in [-0.1, -0.05) is 54.6 Å². The van der Waals surface area contributed by atoms with Crippen molar-refractivity contribution in [1.82, 2.24) is 9.88 Å². The second-order valence-corrected chi connectivity index (χ2v) is 8.57. The quantitative estimate of drug-likeness (QED) is 0.484. The Morgan fingerprint density at radius 3 is 2.56 bits per heavy atom. The van der Waals surface area contributed by atoms with E-state index in [9.17, 15) is 22.8 Å². The predicted molar refractivity (Wildman–Crippen MR) is 124 cm³/mol. The van der Waals surface area contributed by atoms with Crippen LogP contribution < -0.4 is 5.73 Å². The summed E-state index contributed by atoms with van der Waals surface area (Å²) in [5.74, 6) is -1.77. The van der Waals surface area contributed by atoms with E-state index in [1.54, 1.807) is 34.7 Å². The zero-order valence-corrected chi connectivity index (χ0v) is 18.6. The van der Waals surface area contributed by atoms with Crippen molar-refractivity contribution in [3.63, 3.8) is 0 Å². The van der Waals surface area contributed by atoms with E-state index in [-0.39, 0.29) is 6.42 Å². The Hall–Kier alpha value is -3.72. The number of allylic oxidation sites excluding steroid dienone is 2. The van der Waals surface area contributed by atoms with Crippen molar-refractivity contribution in [2.45, 2.75) is 24.7 Å². The number of Topliss-reactive ketones (excluding diaryl/α,β-unsaturated/α-hetero) is 1. The van der Waals surface area contributed by atoms with Gasteiger partial charge in [0.25, 0.3) is 5.91 Å². The molecule has 1 aliphatic rings. The second kappa shape index (κ2) is 9.64. The van der Waals surface area contributed by atoms with Gasteiger partial charge in [-0.05, 0) is 23.8 Å². The zero-order valence-electron chi connectivity index (χ0n) is 17.8. The van der Waals surface area contributed by atoms with E-state index in [0.717, 1.165) is 17.7 Å².